The highest BCUT2D eigenvalue weighted by Crippen LogP contribution is 2.24. The van der Waals surface area contributed by atoms with Gasteiger partial charge in [-0.2, -0.15) is 0 Å². The molecule has 0 saturated heterocycles. The van der Waals surface area contributed by atoms with Gasteiger partial charge in [0.2, 0.25) is 0 Å². The van der Waals surface area contributed by atoms with Crippen molar-refractivity contribution in [1.29, 1.82) is 0 Å². The van der Waals surface area contributed by atoms with Gasteiger partial charge in [0, 0.05) is 0 Å². The van der Waals surface area contributed by atoms with Crippen LogP contribution in [-0.2, 0) is 9.53 Å². The molecule has 1 atom stereocenters. The second kappa shape index (κ2) is 9.68. The fraction of sp³-hybridized carbons (Fsp3) is 0.263. The summed E-state index contributed by atoms with van der Waals surface area (Å²) in [5.74, 6) is 0.225. The number of para-hydroxylation sites is 1. The van der Waals surface area contributed by atoms with Gasteiger partial charge in [-0.15, -0.1) is 0 Å². The van der Waals surface area contributed by atoms with Gasteiger partial charge in [-0.1, -0.05) is 35.9 Å². The van der Waals surface area contributed by atoms with Gasteiger partial charge in [-0.05, 0) is 36.8 Å². The Morgan fingerprint density at radius 2 is 1.92 bits per heavy atom. The Bertz CT molecular complexity index is 767. The standard InChI is InChI=1S/C19H21ClN2O4/c1-3-26-18(23)12-17(13-7-6-8-14(11-13)25-2)22-19(24)21-16-10-5-4-9-15(16)20/h4-11,17H,3,12H2,1-2H3,(H2,21,22,24). The van der Waals surface area contributed by atoms with Crippen LogP contribution in [0.25, 0.3) is 0 Å². The van der Waals surface area contributed by atoms with Crippen molar-refractivity contribution in [1.82, 2.24) is 5.32 Å². The van der Waals surface area contributed by atoms with E-state index < -0.39 is 18.0 Å². The Morgan fingerprint density at radius 3 is 2.62 bits per heavy atom. The van der Waals surface area contributed by atoms with Crippen LogP contribution in [0.2, 0.25) is 5.02 Å². The van der Waals surface area contributed by atoms with E-state index in [1.165, 1.54) is 0 Å². The summed E-state index contributed by atoms with van der Waals surface area (Å²) in [6, 6.07) is 13.0. The van der Waals surface area contributed by atoms with E-state index in [1.807, 2.05) is 6.07 Å². The van der Waals surface area contributed by atoms with E-state index in [2.05, 4.69) is 10.6 Å². The molecule has 2 aromatic rings. The van der Waals surface area contributed by atoms with Gasteiger partial charge in [0.1, 0.15) is 5.75 Å². The van der Waals surface area contributed by atoms with Crippen LogP contribution < -0.4 is 15.4 Å². The maximum Gasteiger partial charge on any atom is 0.319 e. The average molecular weight is 377 g/mol. The molecule has 0 fully saturated rings. The molecule has 2 amide bonds. The summed E-state index contributed by atoms with van der Waals surface area (Å²) >= 11 is 6.05. The maximum atomic E-state index is 12.4. The van der Waals surface area contributed by atoms with E-state index >= 15 is 0 Å². The maximum absolute atomic E-state index is 12.4. The molecule has 0 aliphatic carbocycles. The first-order valence-corrected chi connectivity index (χ1v) is 8.53. The number of esters is 1. The minimum atomic E-state index is -0.577. The number of methoxy groups -OCH3 is 1. The van der Waals surface area contributed by atoms with Gasteiger partial charge in [-0.25, -0.2) is 4.79 Å². The smallest absolute Gasteiger partial charge is 0.319 e. The normalized spacial score (nSPS) is 11.3. The summed E-state index contributed by atoms with van der Waals surface area (Å²) in [6.07, 6.45) is -0.00303. The molecule has 2 rings (SSSR count). The second-order valence-corrected chi connectivity index (χ2v) is 5.82. The van der Waals surface area contributed by atoms with Gasteiger partial charge in [0.15, 0.2) is 0 Å². The highest BCUT2D eigenvalue weighted by atomic mass is 35.5. The molecule has 2 N–H and O–H groups in total. The lowest BCUT2D eigenvalue weighted by molar-refractivity contribution is -0.143. The lowest BCUT2D eigenvalue weighted by atomic mass is 10.0. The molecule has 7 heteroatoms. The number of hydrogen-bond donors (Lipinski definition) is 2. The van der Waals surface area contributed by atoms with Gasteiger partial charge in [-0.3, -0.25) is 4.79 Å². The van der Waals surface area contributed by atoms with Crippen LogP contribution in [0.5, 0.6) is 5.75 Å². The van der Waals surface area contributed by atoms with Crippen molar-refractivity contribution < 1.29 is 19.1 Å². The number of nitrogens with one attached hydrogen (secondary N) is 2. The van der Waals surface area contributed by atoms with Gasteiger partial charge >= 0.3 is 12.0 Å². The molecule has 0 bridgehead atoms. The Hall–Kier alpha value is -2.73. The van der Waals surface area contributed by atoms with E-state index in [0.29, 0.717) is 16.5 Å². The molecule has 0 heterocycles. The van der Waals surface area contributed by atoms with Crippen LogP contribution in [0.1, 0.15) is 24.9 Å². The van der Waals surface area contributed by atoms with Gasteiger partial charge in [0.05, 0.1) is 36.9 Å². The van der Waals surface area contributed by atoms with Gasteiger partial charge in [0.25, 0.3) is 0 Å². The summed E-state index contributed by atoms with van der Waals surface area (Å²) in [7, 11) is 1.55. The molecule has 6 nitrogen and oxygen atoms in total. The van der Waals surface area contributed by atoms with Crippen LogP contribution in [0.15, 0.2) is 48.5 Å². The SMILES string of the molecule is CCOC(=O)CC(NC(=O)Nc1ccccc1Cl)c1cccc(OC)c1. The number of ether oxygens (including phenoxy) is 2. The number of carbonyl (C=O) groups excluding carboxylic acids is 2. The summed E-state index contributed by atoms with van der Waals surface area (Å²) < 4.78 is 10.2. The first kappa shape index (κ1) is 19.6. The average Bonchev–Trinajstić information content (AvgIpc) is 2.63. The number of urea groups is 1. The third kappa shape index (κ3) is 5.67. The van der Waals surface area contributed by atoms with Crippen molar-refractivity contribution in [3.8, 4) is 5.75 Å². The van der Waals surface area contributed by atoms with Crippen molar-refractivity contribution in [2.45, 2.75) is 19.4 Å². The topological polar surface area (TPSA) is 76.7 Å². The van der Waals surface area contributed by atoms with Crippen LogP contribution >= 0.6 is 11.6 Å². The lowest BCUT2D eigenvalue weighted by Gasteiger charge is -2.19. The van der Waals surface area contributed by atoms with Crippen molar-refractivity contribution in [3.05, 3.63) is 59.1 Å². The Labute approximate surface area is 157 Å². The van der Waals surface area contributed by atoms with E-state index in [0.717, 1.165) is 5.56 Å². The van der Waals surface area contributed by atoms with E-state index in [-0.39, 0.29) is 13.0 Å². The molecule has 2 aromatic carbocycles. The fourth-order valence-electron chi connectivity index (χ4n) is 2.38. The van der Waals surface area contributed by atoms with E-state index in [4.69, 9.17) is 21.1 Å². The van der Waals surface area contributed by atoms with Crippen molar-refractivity contribution in [3.63, 3.8) is 0 Å². The number of halogens is 1. The highest BCUT2D eigenvalue weighted by Gasteiger charge is 2.20. The Balaban J connectivity index is 2.16. The van der Waals surface area contributed by atoms with Crippen molar-refractivity contribution in [2.75, 3.05) is 19.0 Å². The third-order valence-electron chi connectivity index (χ3n) is 3.60. The van der Waals surface area contributed by atoms with E-state index in [9.17, 15) is 9.59 Å². The molecular weight excluding hydrogens is 356 g/mol. The minimum Gasteiger partial charge on any atom is -0.497 e. The minimum absolute atomic E-state index is 0.00303. The molecule has 0 saturated carbocycles. The van der Waals surface area contributed by atoms with E-state index in [1.54, 1.807) is 56.5 Å². The molecule has 0 aromatic heterocycles. The quantitative estimate of drug-likeness (QED) is 0.711. The molecule has 1 unspecified atom stereocenters. The largest absolute Gasteiger partial charge is 0.497 e. The zero-order valence-electron chi connectivity index (χ0n) is 14.6. The fourth-order valence-corrected chi connectivity index (χ4v) is 2.56. The molecule has 138 valence electrons. The summed E-state index contributed by atoms with van der Waals surface area (Å²) in [6.45, 7) is 2.01. The lowest BCUT2D eigenvalue weighted by Crippen LogP contribution is -2.34. The first-order chi connectivity index (χ1) is 12.5. The summed E-state index contributed by atoms with van der Waals surface area (Å²) in [4.78, 5) is 24.3. The second-order valence-electron chi connectivity index (χ2n) is 5.42. The summed E-state index contributed by atoms with van der Waals surface area (Å²) in [5.41, 5.74) is 1.21. The molecule has 0 spiro atoms. The zero-order valence-corrected chi connectivity index (χ0v) is 15.4. The van der Waals surface area contributed by atoms with Crippen LogP contribution in [0, 0.1) is 0 Å². The zero-order chi connectivity index (χ0) is 18.9. The number of benzene rings is 2. The van der Waals surface area contributed by atoms with Crippen molar-refractivity contribution >= 4 is 29.3 Å². The number of anilines is 1. The predicted molar refractivity (Wildman–Crippen MR) is 101 cm³/mol. The Kier molecular flexibility index (Phi) is 7.29. The number of amides is 2. The number of carbonyl (C=O) groups is 2. The monoisotopic (exact) mass is 376 g/mol. The molecule has 26 heavy (non-hydrogen) atoms. The summed E-state index contributed by atoms with van der Waals surface area (Å²) in [5, 5.41) is 5.89. The number of hydrogen-bond acceptors (Lipinski definition) is 4. The first-order valence-electron chi connectivity index (χ1n) is 8.15. The van der Waals surface area contributed by atoms with Crippen molar-refractivity contribution in [2.24, 2.45) is 0 Å². The molecular formula is C19H21ClN2O4. The molecule has 0 radical (unpaired) electrons. The van der Waals surface area contributed by atoms with Crippen LogP contribution in [0.3, 0.4) is 0 Å². The third-order valence-corrected chi connectivity index (χ3v) is 3.93. The van der Waals surface area contributed by atoms with Gasteiger partial charge < -0.3 is 20.1 Å². The highest BCUT2D eigenvalue weighted by molar-refractivity contribution is 6.33. The number of rotatable bonds is 7. The van der Waals surface area contributed by atoms with Crippen LogP contribution in [0.4, 0.5) is 10.5 Å². The van der Waals surface area contributed by atoms with Crippen LogP contribution in [-0.4, -0.2) is 25.7 Å². The molecule has 0 aliphatic heterocycles. The predicted octanol–water partition coefficient (Wildman–Crippen LogP) is 4.16. The Morgan fingerprint density at radius 1 is 1.15 bits per heavy atom. The molecule has 0 aliphatic rings.